The number of hydrogen-bond acceptors (Lipinski definition) is 4. The quantitative estimate of drug-likeness (QED) is 0.844. The third-order valence-corrected chi connectivity index (χ3v) is 6.30. The highest BCUT2D eigenvalue weighted by Gasteiger charge is 2.30. The molecule has 2 rings (SSSR count). The van der Waals surface area contributed by atoms with Crippen LogP contribution in [0.3, 0.4) is 0 Å². The lowest BCUT2D eigenvalue weighted by molar-refractivity contribution is 0.0773. The predicted octanol–water partition coefficient (Wildman–Crippen LogP) is 1.15. The van der Waals surface area contributed by atoms with Crippen LogP contribution < -0.4 is 5.32 Å². The van der Waals surface area contributed by atoms with Gasteiger partial charge in [-0.25, -0.2) is 8.42 Å². The van der Waals surface area contributed by atoms with Crippen molar-refractivity contribution in [2.75, 3.05) is 33.2 Å². The number of benzene rings is 1. The van der Waals surface area contributed by atoms with Crippen LogP contribution in [0.5, 0.6) is 0 Å². The minimum atomic E-state index is -3.53. The number of nitrogens with zero attached hydrogens (tertiary/aromatic N) is 2. The molecule has 1 saturated heterocycles. The first-order valence-corrected chi connectivity index (χ1v) is 9.43. The molecule has 1 atom stereocenters. The van der Waals surface area contributed by atoms with E-state index in [0.29, 0.717) is 25.2 Å². The molecule has 128 valence electrons. The second-order valence-corrected chi connectivity index (χ2v) is 7.67. The minimum absolute atomic E-state index is 0.0167. The molecule has 23 heavy (non-hydrogen) atoms. The summed E-state index contributed by atoms with van der Waals surface area (Å²) < 4.78 is 26.7. The highest BCUT2D eigenvalue weighted by atomic mass is 32.2. The fourth-order valence-electron chi connectivity index (χ4n) is 2.78. The summed E-state index contributed by atoms with van der Waals surface area (Å²) in [6, 6.07) is 6.20. The maximum Gasteiger partial charge on any atom is 0.253 e. The van der Waals surface area contributed by atoms with E-state index in [1.165, 1.54) is 16.4 Å². The Morgan fingerprint density at radius 3 is 2.30 bits per heavy atom. The molecule has 1 fully saturated rings. The highest BCUT2D eigenvalue weighted by Crippen LogP contribution is 2.20. The average molecular weight is 339 g/mol. The Balaban J connectivity index is 2.19. The number of nitrogens with one attached hydrogen (secondary N) is 1. The van der Waals surface area contributed by atoms with Gasteiger partial charge in [-0.15, -0.1) is 0 Å². The topological polar surface area (TPSA) is 69.7 Å². The van der Waals surface area contributed by atoms with Gasteiger partial charge in [0.2, 0.25) is 10.0 Å². The van der Waals surface area contributed by atoms with Crippen LogP contribution in [0.2, 0.25) is 0 Å². The zero-order valence-corrected chi connectivity index (χ0v) is 14.8. The Kier molecular flexibility index (Phi) is 5.78. The van der Waals surface area contributed by atoms with E-state index >= 15 is 0 Å². The number of sulfonamides is 1. The molecular weight excluding hydrogens is 314 g/mol. The highest BCUT2D eigenvalue weighted by molar-refractivity contribution is 7.89. The van der Waals surface area contributed by atoms with Crippen molar-refractivity contribution in [3.05, 3.63) is 29.8 Å². The SMILES string of the molecule is CCN(CC)C(=O)c1ccc(S(=O)(=O)N(C)C2CCNC2)cc1. The molecule has 1 aromatic carbocycles. The number of carbonyl (C=O) groups is 1. The molecule has 0 aromatic heterocycles. The smallest absolute Gasteiger partial charge is 0.253 e. The van der Waals surface area contributed by atoms with E-state index in [9.17, 15) is 13.2 Å². The lowest BCUT2D eigenvalue weighted by atomic mass is 10.2. The molecule has 1 N–H and O–H groups in total. The standard InChI is InChI=1S/C16H25N3O3S/c1-4-19(5-2)16(20)13-6-8-15(9-7-13)23(21,22)18(3)14-10-11-17-12-14/h6-9,14,17H,4-5,10-12H2,1-3H3. The first kappa shape index (κ1) is 17.9. The third-order valence-electron chi connectivity index (χ3n) is 4.38. The molecule has 1 aliphatic rings. The van der Waals surface area contributed by atoms with Gasteiger partial charge in [0.25, 0.3) is 5.91 Å². The molecule has 1 aliphatic heterocycles. The summed E-state index contributed by atoms with van der Waals surface area (Å²) in [6.45, 7) is 6.62. The van der Waals surface area contributed by atoms with Gasteiger partial charge in [-0.05, 0) is 51.1 Å². The van der Waals surface area contributed by atoms with Gasteiger partial charge in [0, 0.05) is 38.3 Å². The van der Waals surface area contributed by atoms with Crippen LogP contribution in [0.25, 0.3) is 0 Å². The van der Waals surface area contributed by atoms with Crippen molar-refractivity contribution in [3.63, 3.8) is 0 Å². The molecule has 0 saturated carbocycles. The summed E-state index contributed by atoms with van der Waals surface area (Å²) in [6.07, 6.45) is 0.814. The van der Waals surface area contributed by atoms with Gasteiger partial charge in [-0.2, -0.15) is 4.31 Å². The number of hydrogen-bond donors (Lipinski definition) is 1. The van der Waals surface area contributed by atoms with Crippen molar-refractivity contribution in [2.45, 2.75) is 31.2 Å². The Morgan fingerprint density at radius 2 is 1.83 bits per heavy atom. The third kappa shape index (κ3) is 3.73. The number of amides is 1. The van der Waals surface area contributed by atoms with Crippen LogP contribution in [0.4, 0.5) is 0 Å². The maximum absolute atomic E-state index is 12.6. The molecule has 1 unspecified atom stereocenters. The molecule has 0 bridgehead atoms. The van der Waals surface area contributed by atoms with Gasteiger partial charge in [-0.1, -0.05) is 0 Å². The monoisotopic (exact) mass is 339 g/mol. The summed E-state index contributed by atoms with van der Waals surface area (Å²) in [5.41, 5.74) is 0.512. The van der Waals surface area contributed by atoms with E-state index in [1.807, 2.05) is 13.8 Å². The molecule has 6 nitrogen and oxygen atoms in total. The lowest BCUT2D eigenvalue weighted by Gasteiger charge is -2.23. The molecule has 0 radical (unpaired) electrons. The Hall–Kier alpha value is -1.44. The average Bonchev–Trinajstić information content (AvgIpc) is 3.09. The van der Waals surface area contributed by atoms with Crippen LogP contribution >= 0.6 is 0 Å². The van der Waals surface area contributed by atoms with Crippen molar-refractivity contribution >= 4 is 15.9 Å². The van der Waals surface area contributed by atoms with E-state index in [1.54, 1.807) is 24.1 Å². The van der Waals surface area contributed by atoms with Gasteiger partial charge < -0.3 is 10.2 Å². The molecule has 7 heteroatoms. The van der Waals surface area contributed by atoms with Gasteiger partial charge >= 0.3 is 0 Å². The van der Waals surface area contributed by atoms with Crippen LogP contribution in [-0.2, 0) is 10.0 Å². The second-order valence-electron chi connectivity index (χ2n) is 5.67. The van der Waals surface area contributed by atoms with Gasteiger partial charge in [0.1, 0.15) is 0 Å². The summed E-state index contributed by atoms with van der Waals surface area (Å²) in [5, 5.41) is 3.17. The first-order valence-electron chi connectivity index (χ1n) is 7.99. The van der Waals surface area contributed by atoms with E-state index in [2.05, 4.69) is 5.32 Å². The molecule has 1 amide bonds. The van der Waals surface area contributed by atoms with Crippen LogP contribution in [0.15, 0.2) is 29.2 Å². The van der Waals surface area contributed by atoms with E-state index in [0.717, 1.165) is 13.0 Å². The summed E-state index contributed by atoms with van der Waals surface area (Å²) >= 11 is 0. The van der Waals surface area contributed by atoms with Crippen molar-refractivity contribution in [3.8, 4) is 0 Å². The summed E-state index contributed by atoms with van der Waals surface area (Å²) in [5.74, 6) is -0.0766. The van der Waals surface area contributed by atoms with Crippen LogP contribution in [0, 0.1) is 0 Å². The Bertz CT molecular complexity index is 633. The van der Waals surface area contributed by atoms with Crippen molar-refractivity contribution in [1.29, 1.82) is 0 Å². The molecular formula is C16H25N3O3S. The molecule has 1 heterocycles. The first-order chi connectivity index (χ1) is 10.9. The van der Waals surface area contributed by atoms with Crippen LogP contribution in [0.1, 0.15) is 30.6 Å². The van der Waals surface area contributed by atoms with Gasteiger partial charge in [0.05, 0.1) is 4.90 Å². The normalized spacial score (nSPS) is 18.3. The molecule has 0 spiro atoms. The number of likely N-dealkylation sites (N-methyl/N-ethyl adjacent to an activating group) is 1. The van der Waals surface area contributed by atoms with E-state index < -0.39 is 10.0 Å². The Morgan fingerprint density at radius 1 is 1.22 bits per heavy atom. The van der Waals surface area contributed by atoms with Crippen LogP contribution in [-0.4, -0.2) is 62.8 Å². The fourth-order valence-corrected chi connectivity index (χ4v) is 4.16. The summed E-state index contributed by atoms with van der Waals surface area (Å²) in [4.78, 5) is 14.2. The number of rotatable bonds is 6. The maximum atomic E-state index is 12.6. The Labute approximate surface area is 138 Å². The minimum Gasteiger partial charge on any atom is -0.339 e. The van der Waals surface area contributed by atoms with Gasteiger partial charge in [-0.3, -0.25) is 4.79 Å². The zero-order chi connectivity index (χ0) is 17.0. The zero-order valence-electron chi connectivity index (χ0n) is 13.9. The fraction of sp³-hybridized carbons (Fsp3) is 0.562. The molecule has 1 aromatic rings. The van der Waals surface area contributed by atoms with Crippen molar-refractivity contribution < 1.29 is 13.2 Å². The summed E-state index contributed by atoms with van der Waals surface area (Å²) in [7, 11) is -1.91. The van der Waals surface area contributed by atoms with E-state index in [-0.39, 0.29) is 16.8 Å². The van der Waals surface area contributed by atoms with E-state index in [4.69, 9.17) is 0 Å². The number of carbonyl (C=O) groups excluding carboxylic acids is 1. The molecule has 0 aliphatic carbocycles. The van der Waals surface area contributed by atoms with Crippen molar-refractivity contribution in [2.24, 2.45) is 0 Å². The lowest BCUT2D eigenvalue weighted by Crippen LogP contribution is -2.38. The largest absolute Gasteiger partial charge is 0.339 e. The van der Waals surface area contributed by atoms with Crippen molar-refractivity contribution in [1.82, 2.24) is 14.5 Å². The predicted molar refractivity (Wildman–Crippen MR) is 89.9 cm³/mol. The second kappa shape index (κ2) is 7.42. The van der Waals surface area contributed by atoms with Gasteiger partial charge in [0.15, 0.2) is 0 Å².